The Labute approximate surface area is 140 Å². The van der Waals surface area contributed by atoms with Crippen molar-refractivity contribution in [3.05, 3.63) is 52.3 Å². The average molecular weight is 326 g/mol. The van der Waals surface area contributed by atoms with E-state index in [1.807, 2.05) is 13.0 Å². The standard InChI is InChI=1S/C17H18N4O3/c1-11-15(12(2)21(3)19-11)16(17(22)23-4)20-24-10-14-7-5-13(9-18)6-8-14/h5-8H,10H2,1-4H3/b20-16+. The Hall–Kier alpha value is -3.14. The highest BCUT2D eigenvalue weighted by atomic mass is 16.6. The van der Waals surface area contributed by atoms with Gasteiger partial charge in [0.15, 0.2) is 5.71 Å². The molecule has 1 aromatic carbocycles. The van der Waals surface area contributed by atoms with Crippen LogP contribution >= 0.6 is 0 Å². The molecular formula is C17H18N4O3. The SMILES string of the molecule is COC(=O)/C(=N/OCc1ccc(C#N)cc1)c1c(C)nn(C)c1C. The Kier molecular flexibility index (Phi) is 5.32. The first-order chi connectivity index (χ1) is 11.5. The fourth-order valence-corrected chi connectivity index (χ4v) is 2.24. The van der Waals surface area contributed by atoms with E-state index in [4.69, 9.17) is 14.8 Å². The number of esters is 1. The molecule has 7 nitrogen and oxygen atoms in total. The first-order valence-electron chi connectivity index (χ1n) is 7.25. The average Bonchev–Trinajstić information content (AvgIpc) is 2.84. The van der Waals surface area contributed by atoms with Crippen LogP contribution in [0, 0.1) is 25.2 Å². The topological polar surface area (TPSA) is 89.5 Å². The minimum Gasteiger partial charge on any atom is -0.464 e. The second kappa shape index (κ2) is 7.42. The van der Waals surface area contributed by atoms with Gasteiger partial charge in [-0.3, -0.25) is 4.68 Å². The Bertz CT molecular complexity index is 814. The van der Waals surface area contributed by atoms with E-state index in [1.54, 1.807) is 42.9 Å². The highest BCUT2D eigenvalue weighted by Crippen LogP contribution is 2.15. The molecule has 0 radical (unpaired) electrons. The summed E-state index contributed by atoms with van der Waals surface area (Å²) < 4.78 is 6.47. The van der Waals surface area contributed by atoms with Crippen molar-refractivity contribution in [3.63, 3.8) is 0 Å². The van der Waals surface area contributed by atoms with Crippen LogP contribution < -0.4 is 0 Å². The van der Waals surface area contributed by atoms with Gasteiger partial charge in [0, 0.05) is 12.7 Å². The summed E-state index contributed by atoms with van der Waals surface area (Å²) >= 11 is 0. The molecule has 0 aliphatic carbocycles. The second-order valence-electron chi connectivity index (χ2n) is 5.18. The summed E-state index contributed by atoms with van der Waals surface area (Å²) in [5.41, 5.74) is 3.54. The van der Waals surface area contributed by atoms with Gasteiger partial charge in [-0.2, -0.15) is 10.4 Å². The van der Waals surface area contributed by atoms with Crippen LogP contribution in [0.25, 0.3) is 0 Å². The fraction of sp³-hybridized carbons (Fsp3) is 0.294. The molecule has 24 heavy (non-hydrogen) atoms. The molecule has 0 saturated heterocycles. The summed E-state index contributed by atoms with van der Waals surface area (Å²) in [5.74, 6) is -0.589. The molecule has 0 unspecified atom stereocenters. The number of carbonyl (C=O) groups is 1. The molecule has 7 heteroatoms. The van der Waals surface area contributed by atoms with Gasteiger partial charge in [-0.1, -0.05) is 17.3 Å². The minimum absolute atomic E-state index is 0.0780. The molecule has 0 aliphatic rings. The maximum absolute atomic E-state index is 12.0. The van der Waals surface area contributed by atoms with Crippen LogP contribution in [0.2, 0.25) is 0 Å². The molecular weight excluding hydrogens is 308 g/mol. The van der Waals surface area contributed by atoms with Crippen LogP contribution in [0.1, 0.15) is 28.1 Å². The number of hydrogen-bond acceptors (Lipinski definition) is 6. The number of methoxy groups -OCH3 is 1. The molecule has 0 aliphatic heterocycles. The molecule has 0 saturated carbocycles. The van der Waals surface area contributed by atoms with Crippen LogP contribution in [0.3, 0.4) is 0 Å². The lowest BCUT2D eigenvalue weighted by Crippen LogP contribution is -2.19. The third-order valence-electron chi connectivity index (χ3n) is 3.59. The van der Waals surface area contributed by atoms with Gasteiger partial charge in [0.25, 0.3) is 0 Å². The number of carbonyl (C=O) groups excluding carboxylic acids is 1. The summed E-state index contributed by atoms with van der Waals surface area (Å²) in [6.45, 7) is 3.81. The minimum atomic E-state index is -0.589. The molecule has 1 aromatic heterocycles. The van der Waals surface area contributed by atoms with Crippen molar-refractivity contribution in [1.82, 2.24) is 9.78 Å². The number of oxime groups is 1. The lowest BCUT2D eigenvalue weighted by Gasteiger charge is -2.06. The van der Waals surface area contributed by atoms with Gasteiger partial charge < -0.3 is 9.57 Å². The van der Waals surface area contributed by atoms with Crippen LogP contribution in [0.15, 0.2) is 29.4 Å². The predicted molar refractivity (Wildman–Crippen MR) is 87.2 cm³/mol. The number of rotatable bonds is 5. The van der Waals surface area contributed by atoms with Crippen LogP contribution in [0.4, 0.5) is 0 Å². The molecule has 1 heterocycles. The molecule has 2 rings (SSSR count). The molecule has 0 spiro atoms. The zero-order valence-corrected chi connectivity index (χ0v) is 14.0. The van der Waals surface area contributed by atoms with Crippen molar-refractivity contribution >= 4 is 11.7 Å². The molecule has 0 fully saturated rings. The maximum Gasteiger partial charge on any atom is 0.360 e. The van der Waals surface area contributed by atoms with Crippen molar-refractivity contribution < 1.29 is 14.4 Å². The third-order valence-corrected chi connectivity index (χ3v) is 3.59. The first-order valence-corrected chi connectivity index (χ1v) is 7.25. The molecule has 0 amide bonds. The van der Waals surface area contributed by atoms with Gasteiger partial charge in [-0.25, -0.2) is 4.79 Å². The summed E-state index contributed by atoms with van der Waals surface area (Å²) in [6, 6.07) is 8.98. The van der Waals surface area contributed by atoms with Gasteiger partial charge in [0.2, 0.25) is 0 Å². The largest absolute Gasteiger partial charge is 0.464 e. The zero-order valence-electron chi connectivity index (χ0n) is 14.0. The third kappa shape index (κ3) is 3.60. The molecule has 0 atom stereocenters. The van der Waals surface area contributed by atoms with Crippen molar-refractivity contribution in [1.29, 1.82) is 5.26 Å². The van der Waals surface area contributed by atoms with Gasteiger partial charge in [0.1, 0.15) is 6.61 Å². The van der Waals surface area contributed by atoms with E-state index in [0.717, 1.165) is 11.3 Å². The zero-order chi connectivity index (χ0) is 17.7. The van der Waals surface area contributed by atoms with Gasteiger partial charge in [-0.05, 0) is 31.5 Å². The summed E-state index contributed by atoms with van der Waals surface area (Å²) in [7, 11) is 3.08. The number of ether oxygens (including phenoxy) is 1. The number of hydrogen-bond donors (Lipinski definition) is 0. The predicted octanol–water partition coefficient (Wildman–Crippen LogP) is 2.00. The number of aryl methyl sites for hydroxylation is 2. The molecule has 2 aromatic rings. The maximum atomic E-state index is 12.0. The van der Waals surface area contributed by atoms with Crippen molar-refractivity contribution in [2.45, 2.75) is 20.5 Å². The van der Waals surface area contributed by atoms with E-state index in [1.165, 1.54) is 7.11 Å². The van der Waals surface area contributed by atoms with E-state index in [9.17, 15) is 4.79 Å². The number of aromatic nitrogens is 2. The van der Waals surface area contributed by atoms with Crippen molar-refractivity contribution in [2.75, 3.05) is 7.11 Å². The molecule has 0 N–H and O–H groups in total. The van der Waals surface area contributed by atoms with E-state index < -0.39 is 5.97 Å². The Morgan fingerprint density at radius 1 is 1.33 bits per heavy atom. The summed E-state index contributed by atoms with van der Waals surface area (Å²) in [4.78, 5) is 17.4. The summed E-state index contributed by atoms with van der Waals surface area (Å²) in [6.07, 6.45) is 0. The monoisotopic (exact) mass is 326 g/mol. The Morgan fingerprint density at radius 2 is 2.00 bits per heavy atom. The number of nitriles is 1. The van der Waals surface area contributed by atoms with E-state index in [-0.39, 0.29) is 12.3 Å². The van der Waals surface area contributed by atoms with Crippen molar-refractivity contribution in [3.8, 4) is 6.07 Å². The molecule has 0 bridgehead atoms. The quantitative estimate of drug-likeness (QED) is 0.476. The fourth-order valence-electron chi connectivity index (χ4n) is 2.24. The van der Waals surface area contributed by atoms with E-state index in [2.05, 4.69) is 10.3 Å². The summed E-state index contributed by atoms with van der Waals surface area (Å²) in [5, 5.41) is 17.0. The van der Waals surface area contributed by atoms with Gasteiger partial charge in [-0.15, -0.1) is 0 Å². The second-order valence-corrected chi connectivity index (χ2v) is 5.18. The number of benzene rings is 1. The smallest absolute Gasteiger partial charge is 0.360 e. The Balaban J connectivity index is 2.23. The highest BCUT2D eigenvalue weighted by Gasteiger charge is 2.23. The van der Waals surface area contributed by atoms with E-state index >= 15 is 0 Å². The van der Waals surface area contributed by atoms with Crippen molar-refractivity contribution in [2.24, 2.45) is 12.2 Å². The number of nitrogens with zero attached hydrogens (tertiary/aromatic N) is 4. The Morgan fingerprint density at radius 3 is 2.50 bits per heavy atom. The first kappa shape index (κ1) is 17.2. The van der Waals surface area contributed by atoms with Crippen LogP contribution in [-0.4, -0.2) is 28.6 Å². The molecule has 124 valence electrons. The van der Waals surface area contributed by atoms with Crippen LogP contribution in [-0.2, 0) is 28.0 Å². The van der Waals surface area contributed by atoms with Gasteiger partial charge >= 0.3 is 5.97 Å². The van der Waals surface area contributed by atoms with E-state index in [0.29, 0.717) is 16.8 Å². The normalized spacial score (nSPS) is 11.0. The van der Waals surface area contributed by atoms with Crippen LogP contribution in [0.5, 0.6) is 0 Å². The highest BCUT2D eigenvalue weighted by molar-refractivity contribution is 6.43. The van der Waals surface area contributed by atoms with Gasteiger partial charge in [0.05, 0.1) is 30.0 Å². The lowest BCUT2D eigenvalue weighted by molar-refractivity contribution is -0.132. The lowest BCUT2D eigenvalue weighted by atomic mass is 10.1.